The zero-order valence-electron chi connectivity index (χ0n) is 15.1. The number of aromatic nitrogens is 2. The van der Waals surface area contributed by atoms with Crippen molar-refractivity contribution in [3.05, 3.63) is 77.4 Å². The van der Waals surface area contributed by atoms with Crippen molar-refractivity contribution in [3.63, 3.8) is 0 Å². The van der Waals surface area contributed by atoms with E-state index in [2.05, 4.69) is 21.4 Å². The van der Waals surface area contributed by atoms with Crippen molar-refractivity contribution in [3.8, 4) is 11.1 Å². The maximum absolute atomic E-state index is 12.8. The summed E-state index contributed by atoms with van der Waals surface area (Å²) in [6.07, 6.45) is -1.38. The molecular formula is C21H19F3N3OY-. The van der Waals surface area contributed by atoms with Gasteiger partial charge in [-0.2, -0.15) is 13.2 Å². The van der Waals surface area contributed by atoms with E-state index in [1.54, 1.807) is 18.3 Å². The van der Waals surface area contributed by atoms with Gasteiger partial charge in [-0.3, -0.25) is 9.78 Å². The van der Waals surface area contributed by atoms with Crippen molar-refractivity contribution in [1.82, 2.24) is 9.97 Å². The smallest absolute Gasteiger partial charge is 0.321 e. The Kier molecular flexibility index (Phi) is 8.66. The molecule has 0 bridgehead atoms. The largest absolute Gasteiger partial charge is 0.416 e. The van der Waals surface area contributed by atoms with E-state index in [9.17, 15) is 18.0 Å². The quantitative estimate of drug-likeness (QED) is 0.512. The maximum atomic E-state index is 12.8. The summed E-state index contributed by atoms with van der Waals surface area (Å²) in [4.78, 5) is 20.8. The Morgan fingerprint density at radius 1 is 1.10 bits per heavy atom. The van der Waals surface area contributed by atoms with Crippen LogP contribution in [0.5, 0.6) is 0 Å². The van der Waals surface area contributed by atoms with Crippen LogP contribution < -0.4 is 5.32 Å². The monoisotopic (exact) mass is 475 g/mol. The molecule has 0 atom stereocenters. The second kappa shape index (κ2) is 10.1. The summed E-state index contributed by atoms with van der Waals surface area (Å²) in [6.45, 7) is 3.63. The molecule has 0 aliphatic heterocycles. The summed E-state index contributed by atoms with van der Waals surface area (Å²) in [5, 5.41) is 2.59. The van der Waals surface area contributed by atoms with Gasteiger partial charge in [0.1, 0.15) is 0 Å². The fraction of sp³-hybridized carbons (Fsp3) is 0.190. The molecule has 29 heavy (non-hydrogen) atoms. The predicted octanol–water partition coefficient (Wildman–Crippen LogP) is 5.47. The number of anilines is 1. The number of pyridine rings is 2. The molecule has 0 saturated carbocycles. The second-order valence-corrected chi connectivity index (χ2v) is 5.98. The molecule has 0 spiro atoms. The molecule has 0 saturated heterocycles. The number of rotatable bonds is 3. The van der Waals surface area contributed by atoms with Crippen molar-refractivity contribution < 1.29 is 50.7 Å². The number of benzene rings is 1. The second-order valence-electron chi connectivity index (χ2n) is 5.98. The number of nitrogens with one attached hydrogen (secondary N) is 1. The Bertz CT molecular complexity index is 989. The van der Waals surface area contributed by atoms with E-state index in [0.717, 1.165) is 34.6 Å². The molecule has 0 aliphatic carbocycles. The van der Waals surface area contributed by atoms with Crippen LogP contribution in [0.4, 0.5) is 18.9 Å². The van der Waals surface area contributed by atoms with E-state index in [0.29, 0.717) is 5.69 Å². The molecule has 8 heteroatoms. The summed E-state index contributed by atoms with van der Waals surface area (Å²) >= 11 is 0. The third kappa shape index (κ3) is 6.18. The normalized spacial score (nSPS) is 10.5. The minimum absolute atomic E-state index is 0. The van der Waals surface area contributed by atoms with Crippen LogP contribution in [0.2, 0.25) is 0 Å². The van der Waals surface area contributed by atoms with Gasteiger partial charge in [0.05, 0.1) is 17.4 Å². The van der Waals surface area contributed by atoms with E-state index < -0.39 is 17.6 Å². The topological polar surface area (TPSA) is 54.9 Å². The number of alkyl halides is 3. The summed E-state index contributed by atoms with van der Waals surface area (Å²) in [6, 6.07) is 10.7. The summed E-state index contributed by atoms with van der Waals surface area (Å²) in [7, 11) is 0. The van der Waals surface area contributed by atoms with E-state index in [1.165, 1.54) is 18.3 Å². The van der Waals surface area contributed by atoms with Gasteiger partial charge in [0.15, 0.2) is 0 Å². The molecule has 0 unspecified atom stereocenters. The number of amides is 1. The molecule has 1 N–H and O–H groups in total. The summed E-state index contributed by atoms with van der Waals surface area (Å²) in [5.41, 5.74) is 2.42. The first kappa shape index (κ1) is 24.9. The van der Waals surface area contributed by atoms with Crippen molar-refractivity contribution >= 4 is 11.6 Å². The van der Waals surface area contributed by atoms with Crippen LogP contribution in [-0.2, 0) is 38.9 Å². The van der Waals surface area contributed by atoms with Crippen LogP contribution in [0, 0.1) is 19.9 Å². The van der Waals surface area contributed by atoms with Crippen molar-refractivity contribution in [2.45, 2.75) is 27.5 Å². The standard InChI is InChI=1S/C20H15F3N3O.CH4.Y/c1-12-6-7-15(10-24-12)18-9-17(11-25-13(18)2)26-19(27)14-4-3-5-16(8-14)20(21,22)23;;/h3-5,7-11H,1-2H3,(H,26,27);1H4;/q-1;;. The minimum atomic E-state index is -4.51. The van der Waals surface area contributed by atoms with Crippen molar-refractivity contribution in [1.29, 1.82) is 0 Å². The van der Waals surface area contributed by atoms with E-state index in [-0.39, 0.29) is 45.7 Å². The molecule has 0 fully saturated rings. The minimum Gasteiger partial charge on any atom is -0.321 e. The summed E-state index contributed by atoms with van der Waals surface area (Å²) in [5.74, 6) is -0.647. The average Bonchev–Trinajstić information content (AvgIpc) is 2.63. The zero-order valence-corrected chi connectivity index (χ0v) is 18.0. The predicted molar refractivity (Wildman–Crippen MR) is 102 cm³/mol. The van der Waals surface area contributed by atoms with Gasteiger partial charge in [0, 0.05) is 44.0 Å². The molecular weight excluding hydrogens is 456 g/mol. The molecule has 149 valence electrons. The first-order chi connectivity index (χ1) is 12.7. The molecule has 1 radical (unpaired) electrons. The third-order valence-corrected chi connectivity index (χ3v) is 3.94. The molecule has 0 aliphatic rings. The van der Waals surface area contributed by atoms with Gasteiger partial charge in [0.2, 0.25) is 0 Å². The molecule has 2 heterocycles. The van der Waals surface area contributed by atoms with Crippen LogP contribution in [-0.4, -0.2) is 15.9 Å². The Hall–Kier alpha value is -2.12. The van der Waals surface area contributed by atoms with Gasteiger partial charge in [-0.05, 0) is 44.3 Å². The number of carbonyl (C=O) groups is 1. The van der Waals surface area contributed by atoms with Crippen LogP contribution in [0.3, 0.4) is 0 Å². The number of hydrogen-bond acceptors (Lipinski definition) is 3. The number of hydrogen-bond donors (Lipinski definition) is 1. The first-order valence-corrected chi connectivity index (χ1v) is 8.04. The molecule has 2 aromatic heterocycles. The molecule has 3 aromatic rings. The van der Waals surface area contributed by atoms with Gasteiger partial charge in [-0.25, -0.2) is 12.1 Å². The Labute approximate surface area is 192 Å². The fourth-order valence-electron chi connectivity index (χ4n) is 2.50. The maximum Gasteiger partial charge on any atom is 0.416 e. The van der Waals surface area contributed by atoms with Gasteiger partial charge in [-0.1, -0.05) is 24.8 Å². The molecule has 3 rings (SSSR count). The van der Waals surface area contributed by atoms with E-state index >= 15 is 0 Å². The SMILES string of the molecule is C.Cc1[c-]cc(-c2cc(NC(=O)c3cccc(C(F)(F)F)c3)cnc2C)cn1.[Y]. The van der Waals surface area contributed by atoms with Gasteiger partial charge in [-0.15, -0.1) is 5.56 Å². The third-order valence-electron chi connectivity index (χ3n) is 3.94. The Morgan fingerprint density at radius 2 is 1.83 bits per heavy atom. The Balaban J connectivity index is 0.00000210. The molecule has 4 nitrogen and oxygen atoms in total. The van der Waals surface area contributed by atoms with Crippen LogP contribution in [0.25, 0.3) is 11.1 Å². The molecule has 1 amide bonds. The Morgan fingerprint density at radius 3 is 2.45 bits per heavy atom. The van der Waals surface area contributed by atoms with Crippen molar-refractivity contribution in [2.75, 3.05) is 5.32 Å². The van der Waals surface area contributed by atoms with Gasteiger partial charge < -0.3 is 10.3 Å². The van der Waals surface area contributed by atoms with Crippen molar-refractivity contribution in [2.24, 2.45) is 0 Å². The number of halogens is 3. The van der Waals surface area contributed by atoms with E-state index in [4.69, 9.17) is 0 Å². The summed E-state index contributed by atoms with van der Waals surface area (Å²) < 4.78 is 38.5. The van der Waals surface area contributed by atoms with E-state index in [1.807, 2.05) is 13.8 Å². The average molecular weight is 475 g/mol. The van der Waals surface area contributed by atoms with Crippen LogP contribution >= 0.6 is 0 Å². The fourth-order valence-corrected chi connectivity index (χ4v) is 2.50. The van der Waals surface area contributed by atoms with Gasteiger partial charge in [0.25, 0.3) is 5.91 Å². The first-order valence-electron chi connectivity index (χ1n) is 8.04. The van der Waals surface area contributed by atoms with Gasteiger partial charge >= 0.3 is 6.18 Å². The van der Waals surface area contributed by atoms with Crippen LogP contribution in [0.15, 0.2) is 48.8 Å². The van der Waals surface area contributed by atoms with Crippen LogP contribution in [0.1, 0.15) is 34.7 Å². The number of carbonyl (C=O) groups excluding carboxylic acids is 1. The number of aryl methyl sites for hydroxylation is 2. The number of nitrogens with zero attached hydrogens (tertiary/aromatic N) is 2. The molecule has 1 aromatic carbocycles. The zero-order chi connectivity index (χ0) is 19.6.